The van der Waals surface area contributed by atoms with Crippen molar-refractivity contribution in [3.8, 4) is 5.75 Å². The lowest BCUT2D eigenvalue weighted by Gasteiger charge is -2.11. The Bertz CT molecular complexity index is 614. The van der Waals surface area contributed by atoms with Crippen LogP contribution in [0.5, 0.6) is 5.75 Å². The third kappa shape index (κ3) is 4.03. The molecule has 2 rings (SSSR count). The average Bonchev–Trinajstić information content (AvgIpc) is 2.49. The molecule has 0 radical (unpaired) electrons. The maximum Gasteiger partial charge on any atom is 0.272 e. The van der Waals surface area contributed by atoms with E-state index >= 15 is 0 Å². The van der Waals surface area contributed by atoms with Gasteiger partial charge >= 0.3 is 0 Å². The van der Waals surface area contributed by atoms with Crippen LogP contribution in [0, 0.1) is 10.1 Å². The molecule has 0 bridgehead atoms. The Morgan fingerprint density at radius 3 is 2.38 bits per heavy atom. The van der Waals surface area contributed by atoms with E-state index < -0.39 is 0 Å². The Morgan fingerprint density at radius 1 is 1.00 bits per heavy atom. The van der Waals surface area contributed by atoms with Crippen molar-refractivity contribution in [2.24, 2.45) is 5.73 Å². The van der Waals surface area contributed by atoms with E-state index in [1.807, 2.05) is 24.3 Å². The van der Waals surface area contributed by atoms with Crippen LogP contribution in [0.4, 0.5) is 5.69 Å². The standard InChI is InChI=1S/C16H18N2O3/c17-11-9-14-6-2-4-8-16(14)21-12-10-13-5-1-3-7-15(13)18(19)20/h1-8H,9-12,17H2. The van der Waals surface area contributed by atoms with Crippen LogP contribution in [0.3, 0.4) is 0 Å². The normalized spacial score (nSPS) is 10.3. The molecule has 0 aliphatic rings. The molecule has 0 saturated carbocycles. The first kappa shape index (κ1) is 15.0. The number of nitro groups is 1. The lowest BCUT2D eigenvalue weighted by molar-refractivity contribution is -0.385. The van der Waals surface area contributed by atoms with Gasteiger partial charge in [-0.05, 0) is 24.6 Å². The summed E-state index contributed by atoms with van der Waals surface area (Å²) in [5, 5.41) is 10.9. The molecular weight excluding hydrogens is 268 g/mol. The van der Waals surface area contributed by atoms with Crippen LogP contribution >= 0.6 is 0 Å². The molecule has 2 N–H and O–H groups in total. The van der Waals surface area contributed by atoms with Gasteiger partial charge in [0, 0.05) is 18.1 Å². The first-order valence-corrected chi connectivity index (χ1v) is 6.85. The van der Waals surface area contributed by atoms with Gasteiger partial charge in [0.2, 0.25) is 0 Å². The molecule has 5 nitrogen and oxygen atoms in total. The zero-order valence-electron chi connectivity index (χ0n) is 11.7. The minimum Gasteiger partial charge on any atom is -0.493 e. The molecule has 0 aromatic heterocycles. The van der Waals surface area contributed by atoms with Crippen molar-refractivity contribution < 1.29 is 9.66 Å². The molecule has 21 heavy (non-hydrogen) atoms. The molecule has 0 unspecified atom stereocenters. The van der Waals surface area contributed by atoms with Crippen molar-refractivity contribution in [2.45, 2.75) is 12.8 Å². The number of hydrogen-bond acceptors (Lipinski definition) is 4. The Labute approximate surface area is 123 Å². The van der Waals surface area contributed by atoms with E-state index in [0.717, 1.165) is 17.7 Å². The second-order valence-electron chi connectivity index (χ2n) is 4.63. The summed E-state index contributed by atoms with van der Waals surface area (Å²) in [6, 6.07) is 14.5. The summed E-state index contributed by atoms with van der Waals surface area (Å²) in [6.45, 7) is 0.955. The van der Waals surface area contributed by atoms with E-state index in [2.05, 4.69) is 0 Å². The molecule has 110 valence electrons. The minimum atomic E-state index is -0.363. The maximum atomic E-state index is 10.9. The van der Waals surface area contributed by atoms with Gasteiger partial charge < -0.3 is 10.5 Å². The molecule has 0 spiro atoms. The van der Waals surface area contributed by atoms with E-state index in [0.29, 0.717) is 25.1 Å². The van der Waals surface area contributed by atoms with Gasteiger partial charge in [0.05, 0.1) is 11.5 Å². The van der Waals surface area contributed by atoms with E-state index in [4.69, 9.17) is 10.5 Å². The summed E-state index contributed by atoms with van der Waals surface area (Å²) in [7, 11) is 0. The van der Waals surface area contributed by atoms with Crippen LogP contribution in [-0.2, 0) is 12.8 Å². The molecule has 2 aromatic carbocycles. The molecule has 0 aliphatic heterocycles. The maximum absolute atomic E-state index is 10.9. The number of nitro benzene ring substituents is 1. The predicted octanol–water partition coefficient (Wildman–Crippen LogP) is 2.72. The first-order valence-electron chi connectivity index (χ1n) is 6.85. The van der Waals surface area contributed by atoms with Gasteiger partial charge in [-0.2, -0.15) is 0 Å². The van der Waals surface area contributed by atoms with Crippen LogP contribution in [0.2, 0.25) is 0 Å². The zero-order chi connectivity index (χ0) is 15.1. The highest BCUT2D eigenvalue weighted by atomic mass is 16.6. The third-order valence-corrected chi connectivity index (χ3v) is 3.20. The van der Waals surface area contributed by atoms with Gasteiger partial charge in [-0.1, -0.05) is 36.4 Å². The van der Waals surface area contributed by atoms with E-state index in [-0.39, 0.29) is 10.6 Å². The van der Waals surface area contributed by atoms with Crippen molar-refractivity contribution in [3.63, 3.8) is 0 Å². The van der Waals surface area contributed by atoms with Crippen molar-refractivity contribution in [2.75, 3.05) is 13.2 Å². The zero-order valence-corrected chi connectivity index (χ0v) is 11.7. The van der Waals surface area contributed by atoms with Crippen LogP contribution in [0.15, 0.2) is 48.5 Å². The van der Waals surface area contributed by atoms with Crippen molar-refractivity contribution >= 4 is 5.69 Å². The van der Waals surface area contributed by atoms with Gasteiger partial charge in [0.25, 0.3) is 5.69 Å². The quantitative estimate of drug-likeness (QED) is 0.627. The number of rotatable bonds is 7. The number of hydrogen-bond donors (Lipinski definition) is 1. The fourth-order valence-electron chi connectivity index (χ4n) is 2.18. The summed E-state index contributed by atoms with van der Waals surface area (Å²) in [5.74, 6) is 0.793. The summed E-state index contributed by atoms with van der Waals surface area (Å²) >= 11 is 0. The highest BCUT2D eigenvalue weighted by molar-refractivity contribution is 5.40. The predicted molar refractivity (Wildman–Crippen MR) is 81.5 cm³/mol. The van der Waals surface area contributed by atoms with Gasteiger partial charge in [0.1, 0.15) is 5.75 Å². The minimum absolute atomic E-state index is 0.136. The highest BCUT2D eigenvalue weighted by Crippen LogP contribution is 2.21. The van der Waals surface area contributed by atoms with Crippen molar-refractivity contribution in [1.29, 1.82) is 0 Å². The van der Waals surface area contributed by atoms with Gasteiger partial charge in [-0.15, -0.1) is 0 Å². The summed E-state index contributed by atoms with van der Waals surface area (Å²) in [5.41, 5.74) is 7.44. The lowest BCUT2D eigenvalue weighted by atomic mass is 10.1. The summed E-state index contributed by atoms with van der Waals surface area (Å²) in [4.78, 5) is 10.6. The number of benzene rings is 2. The van der Waals surface area contributed by atoms with Crippen molar-refractivity contribution in [3.05, 3.63) is 69.8 Å². The smallest absolute Gasteiger partial charge is 0.272 e. The van der Waals surface area contributed by atoms with Crippen molar-refractivity contribution in [1.82, 2.24) is 0 Å². The highest BCUT2D eigenvalue weighted by Gasteiger charge is 2.12. The molecular formula is C16H18N2O3. The topological polar surface area (TPSA) is 78.4 Å². The molecule has 0 fully saturated rings. The largest absolute Gasteiger partial charge is 0.493 e. The lowest BCUT2D eigenvalue weighted by Crippen LogP contribution is -2.08. The molecule has 5 heteroatoms. The third-order valence-electron chi connectivity index (χ3n) is 3.20. The van der Waals surface area contributed by atoms with Crippen LogP contribution in [0.1, 0.15) is 11.1 Å². The van der Waals surface area contributed by atoms with Crippen LogP contribution in [0.25, 0.3) is 0 Å². The van der Waals surface area contributed by atoms with Gasteiger partial charge in [-0.25, -0.2) is 0 Å². The molecule has 0 heterocycles. The number of para-hydroxylation sites is 2. The van der Waals surface area contributed by atoms with E-state index in [9.17, 15) is 10.1 Å². The first-order chi connectivity index (χ1) is 10.2. The number of nitrogens with zero attached hydrogens (tertiary/aromatic N) is 1. The number of ether oxygens (including phenoxy) is 1. The Balaban J connectivity index is 2.01. The monoisotopic (exact) mass is 286 g/mol. The fraction of sp³-hybridized carbons (Fsp3) is 0.250. The van der Waals surface area contributed by atoms with Crippen LogP contribution < -0.4 is 10.5 Å². The second kappa shape index (κ2) is 7.40. The molecule has 0 atom stereocenters. The molecule has 0 saturated heterocycles. The summed E-state index contributed by atoms with van der Waals surface area (Å²) in [6.07, 6.45) is 1.25. The Morgan fingerprint density at radius 2 is 1.67 bits per heavy atom. The Kier molecular flexibility index (Phi) is 5.29. The van der Waals surface area contributed by atoms with E-state index in [1.165, 1.54) is 6.07 Å². The second-order valence-corrected chi connectivity index (χ2v) is 4.63. The van der Waals surface area contributed by atoms with Gasteiger partial charge in [-0.3, -0.25) is 10.1 Å². The fourth-order valence-corrected chi connectivity index (χ4v) is 2.18. The van der Waals surface area contributed by atoms with E-state index in [1.54, 1.807) is 18.2 Å². The SMILES string of the molecule is NCCc1ccccc1OCCc1ccccc1[N+](=O)[O-]. The summed E-state index contributed by atoms with van der Waals surface area (Å²) < 4.78 is 5.75. The Hall–Kier alpha value is -2.40. The van der Waals surface area contributed by atoms with Crippen LogP contribution in [-0.4, -0.2) is 18.1 Å². The molecule has 2 aromatic rings. The number of nitrogens with two attached hydrogens (primary N) is 1. The van der Waals surface area contributed by atoms with Gasteiger partial charge in [0.15, 0.2) is 0 Å². The molecule has 0 aliphatic carbocycles. The molecule has 0 amide bonds. The average molecular weight is 286 g/mol.